The Kier molecular flexibility index (Phi) is 5.72. The summed E-state index contributed by atoms with van der Waals surface area (Å²) in [6.07, 6.45) is 2.46. The van der Waals surface area contributed by atoms with Crippen LogP contribution in [0.15, 0.2) is 40.2 Å². The normalized spacial score (nSPS) is 11.7. The fourth-order valence-corrected chi connectivity index (χ4v) is 3.14. The average Bonchev–Trinajstić information content (AvgIpc) is 3.07. The number of esters is 1. The smallest absolute Gasteiger partial charge is 0.330 e. The largest absolute Gasteiger partial charge is 0.460 e. The monoisotopic (exact) mass is 398 g/mol. The number of carbonyl (C=O) groups excluding carboxylic acids is 1. The molecule has 29 heavy (non-hydrogen) atoms. The summed E-state index contributed by atoms with van der Waals surface area (Å²) in [5, 5.41) is 0. The van der Waals surface area contributed by atoms with Gasteiger partial charge in [-0.25, -0.2) is 9.78 Å². The summed E-state index contributed by atoms with van der Waals surface area (Å²) in [5.41, 5.74) is 1.26. The van der Waals surface area contributed by atoms with Crippen molar-refractivity contribution in [2.45, 2.75) is 59.2 Å². The van der Waals surface area contributed by atoms with E-state index in [1.807, 2.05) is 52.0 Å². The van der Waals surface area contributed by atoms with Crippen molar-refractivity contribution in [3.63, 3.8) is 0 Å². The number of rotatable bonds is 6. The third-order valence-electron chi connectivity index (χ3n) is 4.50. The number of fused-ring (bicyclic) bond motifs is 1. The topological polar surface area (TPSA) is 99.0 Å². The highest BCUT2D eigenvalue weighted by Crippen LogP contribution is 2.13. The molecule has 0 aliphatic heterocycles. The first kappa shape index (κ1) is 20.6. The summed E-state index contributed by atoms with van der Waals surface area (Å²) in [7, 11) is 0. The molecule has 0 saturated carbocycles. The number of hydrogen-bond acceptors (Lipinski definition) is 5. The molecule has 0 aliphatic rings. The Morgan fingerprint density at radius 2 is 1.79 bits per heavy atom. The molecule has 1 aromatic carbocycles. The second-order valence-corrected chi connectivity index (χ2v) is 7.95. The molecule has 3 rings (SSSR count). The van der Waals surface area contributed by atoms with Crippen molar-refractivity contribution >= 4 is 17.1 Å². The third kappa shape index (κ3) is 4.82. The number of H-pyrrole nitrogens is 1. The van der Waals surface area contributed by atoms with Crippen LogP contribution in [0.2, 0.25) is 0 Å². The minimum absolute atomic E-state index is 0.227. The van der Waals surface area contributed by atoms with Gasteiger partial charge in [0.2, 0.25) is 0 Å². The van der Waals surface area contributed by atoms with Crippen molar-refractivity contribution in [2.24, 2.45) is 0 Å². The van der Waals surface area contributed by atoms with Gasteiger partial charge in [0.25, 0.3) is 5.56 Å². The van der Waals surface area contributed by atoms with Crippen molar-refractivity contribution in [3.05, 3.63) is 62.6 Å². The number of hydrogen-bond donors (Lipinski definition) is 1. The molecular weight excluding hydrogens is 372 g/mol. The highest BCUT2D eigenvalue weighted by atomic mass is 16.6. The molecule has 0 radical (unpaired) electrons. The molecule has 2 heterocycles. The molecule has 154 valence electrons. The Morgan fingerprint density at radius 1 is 1.14 bits per heavy atom. The molecule has 0 atom stereocenters. The van der Waals surface area contributed by atoms with E-state index in [4.69, 9.17) is 4.74 Å². The van der Waals surface area contributed by atoms with Gasteiger partial charge >= 0.3 is 11.7 Å². The Morgan fingerprint density at radius 3 is 2.41 bits per heavy atom. The molecule has 0 spiro atoms. The molecule has 3 aromatic rings. The van der Waals surface area contributed by atoms with E-state index in [0.29, 0.717) is 37.1 Å². The lowest BCUT2D eigenvalue weighted by atomic mass is 10.1. The van der Waals surface area contributed by atoms with Crippen LogP contribution in [0.25, 0.3) is 11.2 Å². The van der Waals surface area contributed by atoms with Crippen molar-refractivity contribution in [1.29, 1.82) is 0 Å². The van der Waals surface area contributed by atoms with Crippen LogP contribution < -0.4 is 11.2 Å². The van der Waals surface area contributed by atoms with Gasteiger partial charge in [0.1, 0.15) is 5.60 Å². The van der Waals surface area contributed by atoms with Crippen LogP contribution >= 0.6 is 0 Å². The summed E-state index contributed by atoms with van der Waals surface area (Å²) in [6.45, 7) is 8.33. The molecule has 0 unspecified atom stereocenters. The Hall–Kier alpha value is -3.16. The number of ether oxygens (including phenoxy) is 1. The van der Waals surface area contributed by atoms with Gasteiger partial charge in [0.05, 0.1) is 12.9 Å². The van der Waals surface area contributed by atoms with E-state index in [2.05, 4.69) is 9.97 Å². The molecule has 0 bridgehead atoms. The molecule has 8 nitrogen and oxygen atoms in total. The van der Waals surface area contributed by atoms with Gasteiger partial charge in [0, 0.05) is 13.0 Å². The number of nitrogens with one attached hydrogen (secondary N) is 1. The summed E-state index contributed by atoms with van der Waals surface area (Å²) in [5.74, 6) is -0.227. The second-order valence-electron chi connectivity index (χ2n) is 7.95. The van der Waals surface area contributed by atoms with E-state index in [1.54, 1.807) is 10.9 Å². The first-order valence-electron chi connectivity index (χ1n) is 9.65. The Bertz CT molecular complexity index is 1130. The summed E-state index contributed by atoms with van der Waals surface area (Å²) < 4.78 is 8.49. The van der Waals surface area contributed by atoms with Gasteiger partial charge in [-0.05, 0) is 45.2 Å². The van der Waals surface area contributed by atoms with E-state index >= 15 is 0 Å². The molecule has 2 aromatic heterocycles. The van der Waals surface area contributed by atoms with Gasteiger partial charge in [-0.1, -0.05) is 24.3 Å². The second kappa shape index (κ2) is 8.06. The standard InChI is InChI=1S/C21H26N4O4/c1-5-24-13-22-18-17(24)19(27)23-20(28)25(18)12-15-8-6-14(7-9-15)10-11-16(26)29-21(2,3)4/h6-9,13H,5,10-12H2,1-4H3,(H,23,27,28). The lowest BCUT2D eigenvalue weighted by Gasteiger charge is -2.19. The summed E-state index contributed by atoms with van der Waals surface area (Å²) >= 11 is 0. The predicted octanol–water partition coefficient (Wildman–Crippen LogP) is 2.23. The van der Waals surface area contributed by atoms with E-state index < -0.39 is 16.9 Å². The number of nitrogens with zero attached hydrogens (tertiary/aromatic N) is 3. The van der Waals surface area contributed by atoms with Crippen molar-refractivity contribution < 1.29 is 9.53 Å². The molecular formula is C21H26N4O4. The SMILES string of the molecule is CCn1cnc2c1c(=O)[nH]c(=O)n2Cc1ccc(CCC(=O)OC(C)(C)C)cc1. The maximum Gasteiger partial charge on any atom is 0.330 e. The summed E-state index contributed by atoms with van der Waals surface area (Å²) in [6, 6.07) is 7.67. The summed E-state index contributed by atoms with van der Waals surface area (Å²) in [4.78, 5) is 42.9. The number of aromatic amines is 1. The molecule has 8 heteroatoms. The zero-order valence-electron chi connectivity index (χ0n) is 17.2. The fourth-order valence-electron chi connectivity index (χ4n) is 3.14. The number of aromatic nitrogens is 4. The van der Waals surface area contributed by atoms with Crippen LogP contribution in [-0.4, -0.2) is 30.7 Å². The first-order chi connectivity index (χ1) is 13.7. The molecule has 0 amide bonds. The zero-order valence-corrected chi connectivity index (χ0v) is 17.2. The van der Waals surface area contributed by atoms with Crippen LogP contribution in [0.1, 0.15) is 45.2 Å². The van der Waals surface area contributed by atoms with Crippen molar-refractivity contribution in [2.75, 3.05) is 0 Å². The number of imidazole rings is 1. The van der Waals surface area contributed by atoms with Gasteiger partial charge < -0.3 is 9.30 Å². The van der Waals surface area contributed by atoms with Gasteiger partial charge in [-0.3, -0.25) is 19.1 Å². The van der Waals surface area contributed by atoms with Crippen LogP contribution in [0.4, 0.5) is 0 Å². The quantitative estimate of drug-likeness (QED) is 0.642. The van der Waals surface area contributed by atoms with Crippen LogP contribution in [0.3, 0.4) is 0 Å². The van der Waals surface area contributed by atoms with Crippen molar-refractivity contribution in [3.8, 4) is 0 Å². The molecule has 0 aliphatic carbocycles. The fraction of sp³-hybridized carbons (Fsp3) is 0.429. The number of benzene rings is 1. The van der Waals surface area contributed by atoms with Gasteiger partial charge in [-0.15, -0.1) is 0 Å². The highest BCUT2D eigenvalue weighted by Gasteiger charge is 2.16. The lowest BCUT2D eigenvalue weighted by Crippen LogP contribution is -2.31. The molecule has 0 fully saturated rings. The van der Waals surface area contributed by atoms with E-state index in [-0.39, 0.29) is 5.97 Å². The van der Waals surface area contributed by atoms with Gasteiger partial charge in [0.15, 0.2) is 11.2 Å². The lowest BCUT2D eigenvalue weighted by molar-refractivity contribution is -0.154. The van der Waals surface area contributed by atoms with Gasteiger partial charge in [-0.2, -0.15) is 0 Å². The molecule has 1 N–H and O–H groups in total. The van der Waals surface area contributed by atoms with Crippen LogP contribution in [-0.2, 0) is 29.0 Å². The predicted molar refractivity (Wildman–Crippen MR) is 110 cm³/mol. The minimum Gasteiger partial charge on any atom is -0.460 e. The van der Waals surface area contributed by atoms with Crippen LogP contribution in [0, 0.1) is 0 Å². The van der Waals surface area contributed by atoms with E-state index in [1.165, 1.54) is 4.57 Å². The Labute approximate surface area is 168 Å². The average molecular weight is 398 g/mol. The van der Waals surface area contributed by atoms with Crippen LogP contribution in [0.5, 0.6) is 0 Å². The van der Waals surface area contributed by atoms with E-state index in [0.717, 1.165) is 11.1 Å². The Balaban J connectivity index is 1.75. The highest BCUT2D eigenvalue weighted by molar-refractivity contribution is 5.70. The van der Waals surface area contributed by atoms with Crippen molar-refractivity contribution in [1.82, 2.24) is 19.1 Å². The third-order valence-corrected chi connectivity index (χ3v) is 4.50. The maximum atomic E-state index is 12.3. The first-order valence-corrected chi connectivity index (χ1v) is 9.65. The minimum atomic E-state index is -0.488. The van der Waals surface area contributed by atoms with E-state index in [9.17, 15) is 14.4 Å². The molecule has 0 saturated heterocycles. The maximum absolute atomic E-state index is 12.3. The number of carbonyl (C=O) groups is 1. The zero-order chi connectivity index (χ0) is 21.2. The number of aryl methyl sites for hydroxylation is 2.